The molecule has 0 unspecified atom stereocenters. The number of ether oxygens (including phenoxy) is 1. The van der Waals surface area contributed by atoms with E-state index in [0.717, 1.165) is 21.3 Å². The average Bonchev–Trinajstić information content (AvgIpc) is 2.92. The molecule has 2 aliphatic heterocycles. The number of aliphatic hydroxyl groups excluding tert-OH is 1. The molecule has 2 atom stereocenters. The molecule has 0 spiro atoms. The standard InChI is InChI=1S/C28H32F2N2O6S/c1-2-22-9-10-26(20-7-4-3-5-8-20)39(36,37)32(22)19-21-17-25(30)23(18-24(21)29)28(11-15-38-16-12-28)31(27(34)35)13-6-14-33/h1,3-5,7-8,17-18,22,26,33H,6,9-16,19H2,(H,34,35)/t22-,26+/m0/s1. The lowest BCUT2D eigenvalue weighted by molar-refractivity contribution is -0.0267. The molecule has 2 heterocycles. The van der Waals surface area contributed by atoms with Crippen molar-refractivity contribution in [2.75, 3.05) is 26.4 Å². The van der Waals surface area contributed by atoms with E-state index in [-0.39, 0.29) is 56.8 Å². The Kier molecular flexibility index (Phi) is 8.91. The molecule has 2 saturated heterocycles. The lowest BCUT2D eigenvalue weighted by atomic mass is 9.80. The fourth-order valence-corrected chi connectivity index (χ4v) is 7.77. The van der Waals surface area contributed by atoms with E-state index in [0.29, 0.717) is 18.4 Å². The van der Waals surface area contributed by atoms with Crippen molar-refractivity contribution in [1.82, 2.24) is 9.21 Å². The maximum absolute atomic E-state index is 15.8. The largest absolute Gasteiger partial charge is 0.465 e. The average molecular weight is 563 g/mol. The normalized spacial score (nSPS) is 22.6. The molecule has 2 fully saturated rings. The number of nitrogens with zero attached hydrogens (tertiary/aromatic N) is 2. The van der Waals surface area contributed by atoms with Gasteiger partial charge in [-0.2, -0.15) is 4.31 Å². The van der Waals surface area contributed by atoms with Crippen molar-refractivity contribution in [3.63, 3.8) is 0 Å². The van der Waals surface area contributed by atoms with E-state index < -0.39 is 51.1 Å². The molecule has 0 bridgehead atoms. The zero-order chi connectivity index (χ0) is 28.2. The lowest BCUT2D eigenvalue weighted by Crippen LogP contribution is -2.53. The first-order chi connectivity index (χ1) is 18.7. The van der Waals surface area contributed by atoms with Gasteiger partial charge in [-0.1, -0.05) is 36.3 Å². The molecule has 4 rings (SSSR count). The van der Waals surface area contributed by atoms with Gasteiger partial charge in [-0.05, 0) is 49.8 Å². The highest BCUT2D eigenvalue weighted by molar-refractivity contribution is 7.89. The predicted molar refractivity (Wildman–Crippen MR) is 140 cm³/mol. The van der Waals surface area contributed by atoms with Crippen LogP contribution in [0.2, 0.25) is 0 Å². The predicted octanol–water partition coefficient (Wildman–Crippen LogP) is 4.00. The minimum Gasteiger partial charge on any atom is -0.465 e. The van der Waals surface area contributed by atoms with Crippen LogP contribution in [-0.4, -0.2) is 66.3 Å². The highest BCUT2D eigenvalue weighted by Crippen LogP contribution is 2.42. The van der Waals surface area contributed by atoms with E-state index >= 15 is 8.78 Å². The molecule has 210 valence electrons. The zero-order valence-electron chi connectivity index (χ0n) is 21.4. The second-order valence-corrected chi connectivity index (χ2v) is 11.9. The monoisotopic (exact) mass is 562 g/mol. The summed E-state index contributed by atoms with van der Waals surface area (Å²) < 4.78 is 65.1. The van der Waals surface area contributed by atoms with E-state index in [2.05, 4.69) is 5.92 Å². The van der Waals surface area contributed by atoms with E-state index in [4.69, 9.17) is 11.2 Å². The van der Waals surface area contributed by atoms with Gasteiger partial charge in [0.2, 0.25) is 10.0 Å². The van der Waals surface area contributed by atoms with Crippen LogP contribution in [0.4, 0.5) is 13.6 Å². The van der Waals surface area contributed by atoms with Crippen LogP contribution in [0.1, 0.15) is 54.0 Å². The Bertz CT molecular complexity index is 1330. The third kappa shape index (κ3) is 5.65. The molecule has 0 aromatic heterocycles. The summed E-state index contributed by atoms with van der Waals surface area (Å²) in [6, 6.07) is 9.76. The number of hydrogen-bond donors (Lipinski definition) is 2. The third-order valence-electron chi connectivity index (χ3n) is 7.67. The molecule has 1 amide bonds. The third-order valence-corrected chi connectivity index (χ3v) is 9.94. The summed E-state index contributed by atoms with van der Waals surface area (Å²) in [5.74, 6) is 0.761. The zero-order valence-corrected chi connectivity index (χ0v) is 22.2. The maximum atomic E-state index is 15.8. The number of rotatable bonds is 8. The van der Waals surface area contributed by atoms with Crippen LogP contribution < -0.4 is 0 Å². The fourth-order valence-electron chi connectivity index (χ4n) is 5.66. The molecule has 2 N–H and O–H groups in total. The lowest BCUT2D eigenvalue weighted by Gasteiger charge is -2.45. The first-order valence-corrected chi connectivity index (χ1v) is 14.4. The van der Waals surface area contributed by atoms with Crippen molar-refractivity contribution in [3.8, 4) is 12.3 Å². The van der Waals surface area contributed by atoms with Gasteiger partial charge in [0, 0.05) is 44.0 Å². The molecular formula is C28H32F2N2O6S. The van der Waals surface area contributed by atoms with Gasteiger partial charge >= 0.3 is 6.09 Å². The second-order valence-electron chi connectivity index (χ2n) is 9.83. The molecule has 11 heteroatoms. The van der Waals surface area contributed by atoms with Gasteiger partial charge in [-0.15, -0.1) is 6.42 Å². The fraction of sp³-hybridized carbons (Fsp3) is 0.464. The number of benzene rings is 2. The molecule has 2 aromatic carbocycles. The van der Waals surface area contributed by atoms with Crippen LogP contribution in [0, 0.1) is 24.0 Å². The van der Waals surface area contributed by atoms with Crippen LogP contribution >= 0.6 is 0 Å². The summed E-state index contributed by atoms with van der Waals surface area (Å²) in [5.41, 5.74) is -1.16. The highest BCUT2D eigenvalue weighted by Gasteiger charge is 2.46. The molecule has 2 aliphatic rings. The van der Waals surface area contributed by atoms with Crippen LogP contribution in [0.15, 0.2) is 42.5 Å². The van der Waals surface area contributed by atoms with Crippen LogP contribution in [0.5, 0.6) is 0 Å². The Balaban J connectivity index is 1.72. The quantitative estimate of drug-likeness (QED) is 0.471. The minimum absolute atomic E-state index is 0.0780. The molecule has 0 radical (unpaired) electrons. The van der Waals surface area contributed by atoms with Crippen molar-refractivity contribution in [2.45, 2.75) is 55.5 Å². The van der Waals surface area contributed by atoms with Gasteiger partial charge in [-0.3, -0.25) is 4.90 Å². The van der Waals surface area contributed by atoms with Crippen molar-refractivity contribution in [3.05, 3.63) is 70.8 Å². The number of terminal acetylenes is 1. The van der Waals surface area contributed by atoms with Crippen molar-refractivity contribution in [1.29, 1.82) is 0 Å². The number of amides is 1. The molecule has 0 aliphatic carbocycles. The smallest absolute Gasteiger partial charge is 0.408 e. The van der Waals surface area contributed by atoms with Gasteiger partial charge in [0.15, 0.2) is 0 Å². The minimum atomic E-state index is -4.01. The SMILES string of the molecule is C#C[C@H]1CC[C@H](c2ccccc2)S(=O)(=O)N1Cc1cc(F)c(C2(N(CCCO)C(=O)O)CCOCC2)cc1F. The summed E-state index contributed by atoms with van der Waals surface area (Å²) >= 11 is 0. The Morgan fingerprint density at radius 3 is 2.46 bits per heavy atom. The molecule has 8 nitrogen and oxygen atoms in total. The van der Waals surface area contributed by atoms with Gasteiger partial charge in [0.25, 0.3) is 0 Å². The summed E-state index contributed by atoms with van der Waals surface area (Å²) in [6.45, 7) is -0.528. The Morgan fingerprint density at radius 2 is 1.85 bits per heavy atom. The second kappa shape index (κ2) is 12.0. The molecule has 0 saturated carbocycles. The highest BCUT2D eigenvalue weighted by atomic mass is 32.2. The van der Waals surface area contributed by atoms with E-state index in [9.17, 15) is 23.4 Å². The van der Waals surface area contributed by atoms with E-state index in [1.54, 1.807) is 30.3 Å². The Morgan fingerprint density at radius 1 is 1.15 bits per heavy atom. The van der Waals surface area contributed by atoms with E-state index in [1.165, 1.54) is 0 Å². The first kappa shape index (κ1) is 29.0. The van der Waals surface area contributed by atoms with Crippen molar-refractivity contribution in [2.24, 2.45) is 0 Å². The van der Waals surface area contributed by atoms with Crippen LogP contribution in [-0.2, 0) is 26.8 Å². The number of aliphatic hydroxyl groups is 1. The summed E-state index contributed by atoms with van der Waals surface area (Å²) in [7, 11) is -4.01. The van der Waals surface area contributed by atoms with Gasteiger partial charge in [0.1, 0.15) is 16.9 Å². The van der Waals surface area contributed by atoms with Crippen molar-refractivity contribution < 1.29 is 36.9 Å². The molecule has 39 heavy (non-hydrogen) atoms. The summed E-state index contributed by atoms with van der Waals surface area (Å²) in [4.78, 5) is 13.2. The van der Waals surface area contributed by atoms with Gasteiger partial charge in [0.05, 0.1) is 11.6 Å². The topological polar surface area (TPSA) is 107 Å². The Hall–Kier alpha value is -3.04. The van der Waals surface area contributed by atoms with Crippen molar-refractivity contribution >= 4 is 16.1 Å². The summed E-state index contributed by atoms with van der Waals surface area (Å²) in [5, 5.41) is 18.3. The number of carboxylic acid groups (broad SMARTS) is 1. The number of carbonyl (C=O) groups is 1. The van der Waals surface area contributed by atoms with Crippen LogP contribution in [0.3, 0.4) is 0 Å². The number of halogens is 2. The van der Waals surface area contributed by atoms with Gasteiger partial charge in [-0.25, -0.2) is 22.0 Å². The molecular weight excluding hydrogens is 530 g/mol. The Labute approximate surface area is 227 Å². The van der Waals surface area contributed by atoms with Gasteiger partial charge < -0.3 is 14.9 Å². The molecule has 2 aromatic rings. The maximum Gasteiger partial charge on any atom is 0.408 e. The van der Waals surface area contributed by atoms with Crippen LogP contribution in [0.25, 0.3) is 0 Å². The number of hydrogen-bond acceptors (Lipinski definition) is 5. The summed E-state index contributed by atoms with van der Waals surface area (Å²) in [6.07, 6.45) is 5.30. The first-order valence-electron chi connectivity index (χ1n) is 12.8. The number of sulfonamides is 1. The van der Waals surface area contributed by atoms with E-state index in [1.807, 2.05) is 0 Å².